The van der Waals surface area contributed by atoms with Gasteiger partial charge < -0.3 is 19.3 Å². The van der Waals surface area contributed by atoms with Gasteiger partial charge in [-0.2, -0.15) is 10.4 Å². The van der Waals surface area contributed by atoms with E-state index in [1.54, 1.807) is 29.1 Å². The summed E-state index contributed by atoms with van der Waals surface area (Å²) in [5.74, 6) is -1.15. The Bertz CT molecular complexity index is 2570. The van der Waals surface area contributed by atoms with Crippen molar-refractivity contribution in [2.24, 2.45) is 7.05 Å². The Labute approximate surface area is 373 Å². The number of nitrogens with one attached hydrogen (secondary N) is 2. The number of nitriles is 1. The van der Waals surface area contributed by atoms with Crippen molar-refractivity contribution in [2.75, 3.05) is 63.2 Å². The molecule has 1 spiro atoms. The SMILES string of the molecule is COc1c(F)ccc(NSN(C)CCO)c1C#N.Cn1nc(N2CCC(=O)NC2=O)c2cc(F)c(C3CCC(N4CCC5(CC4)CC(c4cnc6ccccc6n4)CO5)C(F)C3)cc21. The number of amides is 3. The van der Waals surface area contributed by atoms with Crippen molar-refractivity contribution in [3.63, 3.8) is 0 Å². The molecule has 3 aliphatic heterocycles. The molecule has 3 aromatic carbocycles. The maximum atomic E-state index is 15.9. The van der Waals surface area contributed by atoms with Gasteiger partial charge in [0.25, 0.3) is 0 Å². The monoisotopic (exact) mass is 900 g/mol. The van der Waals surface area contributed by atoms with Gasteiger partial charge in [0.15, 0.2) is 17.4 Å². The molecule has 15 nitrogen and oxygen atoms in total. The van der Waals surface area contributed by atoms with Crippen LogP contribution in [0.1, 0.15) is 73.6 Å². The zero-order valence-corrected chi connectivity index (χ0v) is 36.7. The lowest BCUT2D eigenvalue weighted by atomic mass is 9.78. The van der Waals surface area contributed by atoms with Gasteiger partial charge in [0.1, 0.15) is 23.6 Å². The molecule has 1 aliphatic carbocycles. The van der Waals surface area contributed by atoms with Crippen molar-refractivity contribution in [3.8, 4) is 11.8 Å². The second-order valence-corrected chi connectivity index (χ2v) is 17.8. The number of aromatic nitrogens is 4. The standard InChI is InChI=1S/C34H37F2N7O3.C11H14FN3O2S/c1-41-30-16-22(24(35)15-23(30)32(40-41)43-11-8-31(44)39-33(43)45)20-6-7-29(25(36)14-20)42-12-9-34(10-13-42)17-21(19-46-34)28-18-37-26-4-2-3-5-27(26)38-28;1-15(5-6-16)18-14-10-4-3-9(12)11(17-2)8(10)7-13/h2-5,15-16,18,20-21,25,29H,6-14,17,19H2,1H3,(H,39,44,45);3-4,14,16H,5-6H2,1-2H3. The maximum absolute atomic E-state index is 15.9. The number of fused-ring (bicyclic) bond motifs is 2. The number of benzene rings is 3. The number of urea groups is 1. The minimum atomic E-state index is -1.07. The average molecular weight is 901 g/mol. The molecular weight excluding hydrogens is 850 g/mol. The molecule has 3 amide bonds. The van der Waals surface area contributed by atoms with Crippen LogP contribution in [0.3, 0.4) is 0 Å². The summed E-state index contributed by atoms with van der Waals surface area (Å²) < 4.78 is 62.5. The highest BCUT2D eigenvalue weighted by Gasteiger charge is 2.46. The summed E-state index contributed by atoms with van der Waals surface area (Å²) >= 11 is 1.20. The van der Waals surface area contributed by atoms with Gasteiger partial charge in [-0.05, 0) is 93.5 Å². The highest BCUT2D eigenvalue weighted by Crippen LogP contribution is 2.45. The second kappa shape index (κ2) is 19.3. The smallest absolute Gasteiger partial charge is 0.329 e. The van der Waals surface area contributed by atoms with Crippen LogP contribution in [0.4, 0.5) is 29.5 Å². The number of imide groups is 1. The summed E-state index contributed by atoms with van der Waals surface area (Å²) in [4.78, 5) is 37.1. The fourth-order valence-electron chi connectivity index (χ4n) is 9.43. The van der Waals surface area contributed by atoms with Crippen molar-refractivity contribution in [1.82, 2.24) is 34.3 Å². The van der Waals surface area contributed by atoms with Gasteiger partial charge in [-0.15, -0.1) is 0 Å². The van der Waals surface area contributed by atoms with Crippen molar-refractivity contribution >= 4 is 57.5 Å². The number of nitrogens with zero attached hydrogens (tertiary/aromatic N) is 8. The molecule has 2 aromatic heterocycles. The van der Waals surface area contributed by atoms with Gasteiger partial charge in [0, 0.05) is 75.3 Å². The summed E-state index contributed by atoms with van der Waals surface area (Å²) in [6, 6.07) is 14.9. The summed E-state index contributed by atoms with van der Waals surface area (Å²) in [6.07, 6.45) is 5.18. The molecule has 5 heterocycles. The normalized spacial score (nSPS) is 22.4. The largest absolute Gasteiger partial charge is 0.492 e. The third kappa shape index (κ3) is 9.33. The highest BCUT2D eigenvalue weighted by atomic mass is 32.2. The lowest BCUT2D eigenvalue weighted by molar-refractivity contribution is -0.120. The molecule has 1 saturated carbocycles. The number of ether oxygens (including phenoxy) is 2. The van der Waals surface area contributed by atoms with Crippen molar-refractivity contribution in [3.05, 3.63) is 83.2 Å². The van der Waals surface area contributed by atoms with Crippen LogP contribution in [-0.4, -0.2) is 117 Å². The first-order chi connectivity index (χ1) is 30.9. The van der Waals surface area contributed by atoms with Gasteiger partial charge in [-0.3, -0.25) is 29.6 Å². The molecule has 338 valence electrons. The van der Waals surface area contributed by atoms with E-state index in [2.05, 4.69) is 25.0 Å². The Morgan fingerprint density at radius 1 is 1.09 bits per heavy atom. The summed E-state index contributed by atoms with van der Waals surface area (Å²) in [5, 5.41) is 25.0. The number of alkyl halides is 1. The van der Waals surface area contributed by atoms with E-state index >= 15 is 8.78 Å². The molecule has 4 fully saturated rings. The van der Waals surface area contributed by atoms with E-state index in [1.807, 2.05) is 36.5 Å². The van der Waals surface area contributed by atoms with E-state index < -0.39 is 23.8 Å². The van der Waals surface area contributed by atoms with Crippen LogP contribution in [0, 0.1) is 23.0 Å². The number of para-hydroxylation sites is 2. The Morgan fingerprint density at radius 2 is 1.88 bits per heavy atom. The fourth-order valence-corrected chi connectivity index (χ4v) is 10.0. The van der Waals surface area contributed by atoms with Crippen LogP contribution in [0.25, 0.3) is 21.9 Å². The number of rotatable bonds is 10. The summed E-state index contributed by atoms with van der Waals surface area (Å²) in [6.45, 7) is 2.86. The Hall–Kier alpha value is -5.52. The number of aliphatic hydroxyl groups is 1. The number of carbonyl (C=O) groups excluding carboxylic acids is 2. The third-order valence-electron chi connectivity index (χ3n) is 12.9. The van der Waals surface area contributed by atoms with Gasteiger partial charge in [-0.1, -0.05) is 12.1 Å². The molecule has 64 heavy (non-hydrogen) atoms. The number of piperidine rings is 1. The van der Waals surface area contributed by atoms with E-state index in [1.165, 1.54) is 42.3 Å². The predicted octanol–water partition coefficient (Wildman–Crippen LogP) is 6.72. The number of hydrogen-bond donors (Lipinski definition) is 3. The molecule has 5 aromatic rings. The van der Waals surface area contributed by atoms with Crippen molar-refractivity contribution in [2.45, 2.75) is 74.6 Å². The first-order valence-corrected chi connectivity index (χ1v) is 22.2. The van der Waals surface area contributed by atoms with Crippen LogP contribution in [0.15, 0.2) is 54.7 Å². The summed E-state index contributed by atoms with van der Waals surface area (Å²) in [5.41, 5.74) is 4.29. The number of aliphatic hydroxyl groups excluding tert-OH is 1. The molecule has 0 radical (unpaired) electrons. The minimum Gasteiger partial charge on any atom is -0.492 e. The van der Waals surface area contributed by atoms with E-state index in [0.29, 0.717) is 54.0 Å². The molecule has 3 N–H and O–H groups in total. The predicted molar refractivity (Wildman–Crippen MR) is 236 cm³/mol. The number of likely N-dealkylation sites (tertiary alicyclic amines) is 1. The molecule has 9 rings (SSSR count). The number of likely N-dealkylation sites (N-methyl/N-ethyl adjacent to an activating group) is 1. The van der Waals surface area contributed by atoms with Gasteiger partial charge >= 0.3 is 6.03 Å². The number of aryl methyl sites for hydroxylation is 1. The third-order valence-corrected chi connectivity index (χ3v) is 13.7. The zero-order chi connectivity index (χ0) is 45.1. The molecule has 3 saturated heterocycles. The number of hydrogen-bond acceptors (Lipinski definition) is 13. The topological polar surface area (TPSA) is 174 Å². The van der Waals surface area contributed by atoms with E-state index in [0.717, 1.165) is 49.1 Å². The van der Waals surface area contributed by atoms with E-state index in [4.69, 9.17) is 24.8 Å². The van der Waals surface area contributed by atoms with Crippen LogP contribution in [-0.2, 0) is 16.6 Å². The van der Waals surface area contributed by atoms with E-state index in [-0.39, 0.29) is 66.7 Å². The number of carbonyl (C=O) groups is 2. The molecule has 4 unspecified atom stereocenters. The van der Waals surface area contributed by atoms with Gasteiger partial charge in [-0.25, -0.2) is 27.3 Å². The Morgan fingerprint density at radius 3 is 2.59 bits per heavy atom. The first-order valence-electron chi connectivity index (χ1n) is 21.4. The molecule has 4 atom stereocenters. The molecular formula is C45H51F3N10O5S. The minimum absolute atomic E-state index is 0.0308. The maximum Gasteiger partial charge on any atom is 0.329 e. The van der Waals surface area contributed by atoms with Crippen LogP contribution < -0.4 is 19.7 Å². The number of anilines is 2. The van der Waals surface area contributed by atoms with E-state index in [9.17, 15) is 14.0 Å². The second-order valence-electron chi connectivity index (χ2n) is 16.8. The molecule has 4 aliphatic rings. The average Bonchev–Trinajstić information content (AvgIpc) is 3.85. The lowest BCUT2D eigenvalue weighted by Crippen LogP contribution is -2.52. The fraction of sp³-hybridized carbons (Fsp3) is 0.467. The van der Waals surface area contributed by atoms with Crippen molar-refractivity contribution < 1.29 is 37.3 Å². The zero-order valence-electron chi connectivity index (χ0n) is 35.9. The van der Waals surface area contributed by atoms with Crippen LogP contribution in [0.2, 0.25) is 0 Å². The first kappa shape index (κ1) is 45.1. The molecule has 19 heteroatoms. The van der Waals surface area contributed by atoms with Crippen LogP contribution >= 0.6 is 12.1 Å². The quantitative estimate of drug-likeness (QED) is 0.126. The van der Waals surface area contributed by atoms with Crippen LogP contribution in [0.5, 0.6) is 5.75 Å². The lowest BCUT2D eigenvalue weighted by Gasteiger charge is -2.45. The Kier molecular flexibility index (Phi) is 13.6. The molecule has 0 bridgehead atoms. The Balaban J connectivity index is 0.000000263. The summed E-state index contributed by atoms with van der Waals surface area (Å²) in [7, 11) is 4.83. The van der Waals surface area contributed by atoms with Crippen molar-refractivity contribution in [1.29, 1.82) is 5.26 Å². The number of halogens is 3. The van der Waals surface area contributed by atoms with Gasteiger partial charge in [0.05, 0.1) is 53.9 Å². The van der Waals surface area contributed by atoms with Gasteiger partial charge in [0.2, 0.25) is 5.91 Å². The highest BCUT2D eigenvalue weighted by molar-refractivity contribution is 7.98. The number of methoxy groups -OCH3 is 1.